The number of pyridine rings is 1. The van der Waals surface area contributed by atoms with Crippen LogP contribution in [0.1, 0.15) is 72.4 Å². The second-order valence-corrected chi connectivity index (χ2v) is 11.3. The molecule has 1 aromatic heterocycles. The van der Waals surface area contributed by atoms with Gasteiger partial charge in [-0.25, -0.2) is 9.78 Å². The second kappa shape index (κ2) is 9.45. The van der Waals surface area contributed by atoms with Gasteiger partial charge in [0.15, 0.2) is 5.78 Å². The maximum Gasteiger partial charge on any atom is 0.329 e. The van der Waals surface area contributed by atoms with Crippen LogP contribution < -0.4 is 9.64 Å². The van der Waals surface area contributed by atoms with Crippen molar-refractivity contribution in [2.24, 2.45) is 0 Å². The summed E-state index contributed by atoms with van der Waals surface area (Å²) in [6.07, 6.45) is 1.99. The Kier molecular flexibility index (Phi) is 6.43. The summed E-state index contributed by atoms with van der Waals surface area (Å²) >= 11 is 0. The number of carbonyl (C=O) groups excluding carboxylic acids is 1. The molecule has 3 aliphatic rings. The van der Waals surface area contributed by atoms with E-state index in [9.17, 15) is 9.59 Å². The molecule has 37 heavy (non-hydrogen) atoms. The van der Waals surface area contributed by atoms with Gasteiger partial charge in [0.05, 0.1) is 25.4 Å². The number of ketones is 1. The van der Waals surface area contributed by atoms with Crippen LogP contribution in [0.2, 0.25) is 0 Å². The number of hydrogen-bond acceptors (Lipinski definition) is 7. The number of aromatic nitrogens is 1. The van der Waals surface area contributed by atoms with Crippen LogP contribution in [0.15, 0.2) is 24.3 Å². The Morgan fingerprint density at radius 1 is 1.24 bits per heavy atom. The minimum absolute atomic E-state index is 0.0615. The lowest BCUT2D eigenvalue weighted by atomic mass is 9.84. The molecule has 2 aromatic rings. The zero-order valence-corrected chi connectivity index (χ0v) is 21.8. The van der Waals surface area contributed by atoms with Crippen LogP contribution in [0.5, 0.6) is 5.75 Å². The number of nitrogens with one attached hydrogen (secondary N) is 1. The van der Waals surface area contributed by atoms with Crippen LogP contribution in [-0.4, -0.2) is 72.0 Å². The van der Waals surface area contributed by atoms with E-state index in [2.05, 4.69) is 32.9 Å². The molecular weight excluding hydrogens is 472 g/mol. The van der Waals surface area contributed by atoms with Gasteiger partial charge in [-0.3, -0.25) is 10.2 Å². The first-order valence-electron chi connectivity index (χ1n) is 12.7. The van der Waals surface area contributed by atoms with Crippen LogP contribution in [0.25, 0.3) is 0 Å². The Bertz CT molecular complexity index is 1260. The summed E-state index contributed by atoms with van der Waals surface area (Å²) in [7, 11) is 1.93. The lowest BCUT2D eigenvalue weighted by Gasteiger charge is -2.37. The van der Waals surface area contributed by atoms with Crippen molar-refractivity contribution in [1.82, 2.24) is 9.88 Å². The van der Waals surface area contributed by atoms with Gasteiger partial charge in [-0.2, -0.15) is 0 Å². The molecule has 1 aliphatic carbocycles. The predicted octanol–water partition coefficient (Wildman–Crippen LogP) is 3.58. The van der Waals surface area contributed by atoms with E-state index < -0.39 is 5.97 Å². The largest absolute Gasteiger partial charge is 0.484 e. The summed E-state index contributed by atoms with van der Waals surface area (Å²) in [5, 5.41) is 17.5. The molecule has 9 nitrogen and oxygen atoms in total. The number of rotatable bonds is 8. The molecular formula is C28H34N4O5. The molecule has 1 unspecified atom stereocenters. The fraction of sp³-hybridized carbons (Fsp3) is 0.500. The topological polar surface area (TPSA) is 116 Å². The number of ether oxygens (including phenoxy) is 2. The Hall–Kier alpha value is -3.46. The number of amidine groups is 1. The van der Waals surface area contributed by atoms with Crippen molar-refractivity contribution in [3.8, 4) is 5.75 Å². The van der Waals surface area contributed by atoms with Crippen molar-refractivity contribution in [3.63, 3.8) is 0 Å². The lowest BCUT2D eigenvalue weighted by Crippen LogP contribution is -2.42. The quantitative estimate of drug-likeness (QED) is 0.522. The first-order valence-corrected chi connectivity index (χ1v) is 12.7. The molecule has 3 heterocycles. The zero-order valence-electron chi connectivity index (χ0n) is 21.8. The number of nitrogens with zero attached hydrogens (tertiary/aromatic N) is 3. The summed E-state index contributed by atoms with van der Waals surface area (Å²) in [6, 6.07) is 7.86. The smallest absolute Gasteiger partial charge is 0.329 e. The van der Waals surface area contributed by atoms with Gasteiger partial charge in [0.1, 0.15) is 30.0 Å². The van der Waals surface area contributed by atoms with Gasteiger partial charge in [0.2, 0.25) is 0 Å². The molecule has 0 bridgehead atoms. The van der Waals surface area contributed by atoms with Gasteiger partial charge < -0.3 is 24.4 Å². The molecule has 196 valence electrons. The van der Waals surface area contributed by atoms with Crippen molar-refractivity contribution in [1.29, 1.82) is 5.41 Å². The normalized spacial score (nSPS) is 18.9. The predicted molar refractivity (Wildman–Crippen MR) is 139 cm³/mol. The second-order valence-electron chi connectivity index (χ2n) is 11.3. The number of Topliss-reactive ketones (excluding diaryl/α,β-unsaturated/α-hetero) is 1. The Morgan fingerprint density at radius 3 is 2.68 bits per heavy atom. The van der Waals surface area contributed by atoms with Crippen molar-refractivity contribution in [2.45, 2.75) is 57.6 Å². The summed E-state index contributed by atoms with van der Waals surface area (Å²) in [5.41, 5.74) is 4.74. The maximum absolute atomic E-state index is 13.5. The number of aliphatic carboxylic acids is 1. The van der Waals surface area contributed by atoms with Gasteiger partial charge >= 0.3 is 5.97 Å². The number of carboxylic acids is 1. The fourth-order valence-electron chi connectivity index (χ4n) is 4.99. The molecule has 5 rings (SSSR count). The zero-order chi connectivity index (χ0) is 26.5. The van der Waals surface area contributed by atoms with Gasteiger partial charge in [-0.1, -0.05) is 26.8 Å². The van der Waals surface area contributed by atoms with Gasteiger partial charge in [-0.05, 0) is 36.5 Å². The fourth-order valence-corrected chi connectivity index (χ4v) is 4.99. The number of hydrogen-bond donors (Lipinski definition) is 2. The monoisotopic (exact) mass is 506 g/mol. The number of carbonyl (C=O) groups is 2. The number of anilines is 1. The number of likely N-dealkylation sites (N-methyl/N-ethyl adjacent to an activating group) is 1. The molecule has 1 saturated carbocycles. The standard InChI is InChI=1S/C28H34N4O5/c1-28(2,3)20-9-18(10-22-26(20)37-19(12-31(22)4)14-36-15-24(34)35)23(33)13-32-11-17-7-8-21(16-5-6-16)30-25(17)27(32)29/h7-10,16,19,29H,5-6,11-15H2,1-4H3,(H,34,35). The van der Waals surface area contributed by atoms with Crippen molar-refractivity contribution < 1.29 is 24.2 Å². The molecule has 0 spiro atoms. The molecule has 1 aromatic carbocycles. The molecule has 0 radical (unpaired) electrons. The van der Waals surface area contributed by atoms with Crippen LogP contribution >= 0.6 is 0 Å². The first-order chi connectivity index (χ1) is 17.5. The van der Waals surface area contributed by atoms with E-state index in [4.69, 9.17) is 25.0 Å². The average molecular weight is 507 g/mol. The lowest BCUT2D eigenvalue weighted by molar-refractivity contribution is -0.143. The number of carboxylic acid groups (broad SMARTS) is 1. The van der Waals surface area contributed by atoms with E-state index in [1.807, 2.05) is 24.1 Å². The minimum Gasteiger partial charge on any atom is -0.484 e. The summed E-state index contributed by atoms with van der Waals surface area (Å²) in [4.78, 5) is 32.9. The first kappa shape index (κ1) is 25.2. The molecule has 2 aliphatic heterocycles. The molecule has 0 amide bonds. The summed E-state index contributed by atoms with van der Waals surface area (Å²) < 4.78 is 11.6. The highest BCUT2D eigenvalue weighted by Gasteiger charge is 2.34. The van der Waals surface area contributed by atoms with E-state index in [1.165, 1.54) is 0 Å². The van der Waals surface area contributed by atoms with Crippen LogP contribution in [0.3, 0.4) is 0 Å². The Balaban J connectivity index is 1.36. The summed E-state index contributed by atoms with van der Waals surface area (Å²) in [5.74, 6) is 0.442. The van der Waals surface area contributed by atoms with E-state index in [1.54, 1.807) is 4.90 Å². The van der Waals surface area contributed by atoms with E-state index in [0.29, 0.717) is 41.8 Å². The SMILES string of the molecule is CN1CC(COCC(=O)O)Oc2c1cc(C(=O)CN1Cc3ccc(C4CC4)nc3C1=N)cc2C(C)(C)C. The average Bonchev–Trinajstić information content (AvgIpc) is 3.63. The molecule has 1 atom stereocenters. The van der Waals surface area contributed by atoms with Crippen molar-refractivity contribution in [2.75, 3.05) is 38.3 Å². The van der Waals surface area contributed by atoms with Gasteiger partial charge in [-0.15, -0.1) is 0 Å². The van der Waals surface area contributed by atoms with Crippen molar-refractivity contribution in [3.05, 3.63) is 52.3 Å². The summed E-state index contributed by atoms with van der Waals surface area (Å²) in [6.45, 7) is 7.12. The minimum atomic E-state index is -1.02. The Morgan fingerprint density at radius 2 is 2.00 bits per heavy atom. The molecule has 2 N–H and O–H groups in total. The molecule has 1 fully saturated rings. The maximum atomic E-state index is 13.5. The molecule has 0 saturated heterocycles. The number of fused-ring (bicyclic) bond motifs is 2. The van der Waals surface area contributed by atoms with Crippen molar-refractivity contribution >= 4 is 23.3 Å². The number of benzene rings is 1. The van der Waals surface area contributed by atoms with Crippen LogP contribution in [0.4, 0.5) is 5.69 Å². The van der Waals surface area contributed by atoms with Gasteiger partial charge in [0.25, 0.3) is 0 Å². The third-order valence-corrected chi connectivity index (χ3v) is 7.13. The van der Waals surface area contributed by atoms with Crippen LogP contribution in [0, 0.1) is 5.41 Å². The molecule has 9 heteroatoms. The Labute approximate surface area is 216 Å². The van der Waals surface area contributed by atoms with E-state index in [0.717, 1.165) is 35.3 Å². The van der Waals surface area contributed by atoms with Crippen LogP contribution in [-0.2, 0) is 21.5 Å². The van der Waals surface area contributed by atoms with E-state index in [-0.39, 0.29) is 37.1 Å². The highest BCUT2D eigenvalue weighted by Crippen LogP contribution is 2.43. The highest BCUT2D eigenvalue weighted by atomic mass is 16.5. The highest BCUT2D eigenvalue weighted by molar-refractivity contribution is 6.05. The third-order valence-electron chi connectivity index (χ3n) is 7.13. The van der Waals surface area contributed by atoms with E-state index >= 15 is 0 Å². The van der Waals surface area contributed by atoms with Gasteiger partial charge in [0, 0.05) is 41.9 Å². The third kappa shape index (κ3) is 5.18.